The first-order valence-corrected chi connectivity index (χ1v) is 9.36. The Kier molecular flexibility index (Phi) is 4.13. The highest BCUT2D eigenvalue weighted by molar-refractivity contribution is 9.11. The molecule has 0 amide bonds. The average molecular weight is 393 g/mol. The summed E-state index contributed by atoms with van der Waals surface area (Å²) in [5.74, 6) is 1.15. The van der Waals surface area contributed by atoms with Crippen LogP contribution in [-0.4, -0.2) is 42.6 Å². The van der Waals surface area contributed by atoms with Crippen molar-refractivity contribution in [2.75, 3.05) is 13.1 Å². The van der Waals surface area contributed by atoms with Crippen LogP contribution in [0.2, 0.25) is 0 Å². The van der Waals surface area contributed by atoms with E-state index in [1.807, 2.05) is 11.4 Å². The number of rotatable bonds is 3. The van der Waals surface area contributed by atoms with Crippen molar-refractivity contribution in [3.05, 3.63) is 38.8 Å². The third-order valence-electron chi connectivity index (χ3n) is 4.24. The summed E-state index contributed by atoms with van der Waals surface area (Å²) in [6.45, 7) is 5.07. The Labute approximate surface area is 146 Å². The van der Waals surface area contributed by atoms with Gasteiger partial charge in [0.1, 0.15) is 6.33 Å². The highest BCUT2D eigenvalue weighted by atomic mass is 79.9. The summed E-state index contributed by atoms with van der Waals surface area (Å²) < 4.78 is 2.84. The molecule has 0 spiro atoms. The summed E-state index contributed by atoms with van der Waals surface area (Å²) in [5.41, 5.74) is 3.36. The lowest BCUT2D eigenvalue weighted by molar-refractivity contribution is 0.195. The second kappa shape index (κ2) is 6.26. The molecule has 1 aliphatic heterocycles. The lowest BCUT2D eigenvalue weighted by atomic mass is 9.94. The van der Waals surface area contributed by atoms with Crippen molar-refractivity contribution in [1.29, 1.82) is 0 Å². The SMILES string of the molecule is Cc1cc(C2CCCN(Cc3csc(Br)n3)C2)n2ncnc2n1. The van der Waals surface area contributed by atoms with Crippen LogP contribution in [0.4, 0.5) is 0 Å². The fourth-order valence-corrected chi connectivity index (χ4v) is 4.31. The van der Waals surface area contributed by atoms with Crippen molar-refractivity contribution in [2.24, 2.45) is 0 Å². The fraction of sp³-hybridized carbons (Fsp3) is 0.467. The maximum atomic E-state index is 4.51. The number of hydrogen-bond acceptors (Lipinski definition) is 6. The number of hydrogen-bond donors (Lipinski definition) is 0. The van der Waals surface area contributed by atoms with Crippen molar-refractivity contribution in [1.82, 2.24) is 29.5 Å². The first kappa shape index (κ1) is 15.2. The summed E-state index contributed by atoms with van der Waals surface area (Å²) in [6, 6.07) is 2.15. The number of thiazole rings is 1. The van der Waals surface area contributed by atoms with Gasteiger partial charge in [-0.05, 0) is 48.3 Å². The zero-order chi connectivity index (χ0) is 15.8. The van der Waals surface area contributed by atoms with Crippen LogP contribution < -0.4 is 0 Å². The molecule has 4 heterocycles. The molecule has 120 valence electrons. The van der Waals surface area contributed by atoms with Gasteiger partial charge >= 0.3 is 0 Å². The zero-order valence-corrected chi connectivity index (χ0v) is 15.2. The predicted octanol–water partition coefficient (Wildman–Crippen LogP) is 3.03. The molecule has 1 aliphatic rings. The molecule has 8 heteroatoms. The number of piperidine rings is 1. The molecule has 6 nitrogen and oxygen atoms in total. The normalized spacial score (nSPS) is 19.5. The van der Waals surface area contributed by atoms with E-state index in [0.717, 1.165) is 34.9 Å². The van der Waals surface area contributed by atoms with Gasteiger partial charge in [-0.3, -0.25) is 4.90 Å². The summed E-state index contributed by atoms with van der Waals surface area (Å²) in [4.78, 5) is 15.7. The van der Waals surface area contributed by atoms with Crippen LogP contribution in [0.3, 0.4) is 0 Å². The van der Waals surface area contributed by atoms with Gasteiger partial charge < -0.3 is 0 Å². The van der Waals surface area contributed by atoms with Crippen molar-refractivity contribution in [3.63, 3.8) is 0 Å². The number of aryl methyl sites for hydroxylation is 1. The van der Waals surface area contributed by atoms with Crippen molar-refractivity contribution in [2.45, 2.75) is 32.2 Å². The first-order chi connectivity index (χ1) is 11.2. The van der Waals surface area contributed by atoms with Gasteiger partial charge in [-0.15, -0.1) is 11.3 Å². The topological polar surface area (TPSA) is 59.2 Å². The largest absolute Gasteiger partial charge is 0.297 e. The maximum absolute atomic E-state index is 4.51. The predicted molar refractivity (Wildman–Crippen MR) is 92.6 cm³/mol. The molecule has 0 aromatic carbocycles. The molecule has 23 heavy (non-hydrogen) atoms. The van der Waals surface area contributed by atoms with Crippen LogP contribution in [0.15, 0.2) is 21.7 Å². The Morgan fingerprint density at radius 2 is 2.30 bits per heavy atom. The third kappa shape index (κ3) is 3.15. The monoisotopic (exact) mass is 392 g/mol. The lowest BCUT2D eigenvalue weighted by Gasteiger charge is -2.32. The van der Waals surface area contributed by atoms with Crippen LogP contribution in [0.5, 0.6) is 0 Å². The van der Waals surface area contributed by atoms with Crippen LogP contribution in [0.1, 0.15) is 35.8 Å². The standard InChI is InChI=1S/C15H17BrN6S/c1-10-5-13(22-15(19-10)17-9-18-22)11-3-2-4-21(6-11)7-12-8-23-14(16)20-12/h5,8-9,11H,2-4,6-7H2,1H3. The Morgan fingerprint density at radius 3 is 3.13 bits per heavy atom. The van der Waals surface area contributed by atoms with Gasteiger partial charge in [0.25, 0.3) is 5.78 Å². The average Bonchev–Trinajstić information content (AvgIpc) is 3.15. The second-order valence-corrected chi connectivity index (χ2v) is 8.09. The Hall–Kier alpha value is -1.38. The lowest BCUT2D eigenvalue weighted by Crippen LogP contribution is -2.34. The summed E-state index contributed by atoms with van der Waals surface area (Å²) >= 11 is 5.08. The summed E-state index contributed by atoms with van der Waals surface area (Å²) in [6.07, 6.45) is 3.95. The van der Waals surface area contributed by atoms with Crippen LogP contribution >= 0.6 is 27.3 Å². The number of halogens is 1. The molecule has 1 unspecified atom stereocenters. The Morgan fingerprint density at radius 1 is 1.39 bits per heavy atom. The number of likely N-dealkylation sites (tertiary alicyclic amines) is 1. The van der Waals surface area contributed by atoms with Gasteiger partial charge in [0.2, 0.25) is 0 Å². The van der Waals surface area contributed by atoms with Crippen molar-refractivity contribution >= 4 is 33.0 Å². The minimum absolute atomic E-state index is 0.455. The molecule has 0 radical (unpaired) electrons. The number of nitrogens with zero attached hydrogens (tertiary/aromatic N) is 6. The van der Waals surface area contributed by atoms with E-state index < -0.39 is 0 Å². The van der Waals surface area contributed by atoms with Gasteiger partial charge in [0.05, 0.1) is 11.4 Å². The minimum Gasteiger partial charge on any atom is -0.297 e. The smallest absolute Gasteiger partial charge is 0.252 e. The minimum atomic E-state index is 0.455. The van der Waals surface area contributed by atoms with Crippen molar-refractivity contribution in [3.8, 4) is 0 Å². The van der Waals surface area contributed by atoms with E-state index >= 15 is 0 Å². The molecule has 0 bridgehead atoms. The molecule has 0 saturated carbocycles. The molecular weight excluding hydrogens is 376 g/mol. The van der Waals surface area contributed by atoms with Crippen LogP contribution in [0.25, 0.3) is 5.78 Å². The number of aromatic nitrogens is 5. The molecule has 4 rings (SSSR count). The Balaban J connectivity index is 1.57. The van der Waals surface area contributed by atoms with Gasteiger partial charge in [0.15, 0.2) is 3.92 Å². The quantitative estimate of drug-likeness (QED) is 0.685. The van der Waals surface area contributed by atoms with E-state index in [0.29, 0.717) is 11.7 Å². The third-order valence-corrected chi connectivity index (χ3v) is 5.65. The molecule has 0 aliphatic carbocycles. The van der Waals surface area contributed by atoms with Gasteiger partial charge in [-0.25, -0.2) is 14.5 Å². The van der Waals surface area contributed by atoms with E-state index in [9.17, 15) is 0 Å². The molecular formula is C15H17BrN6S. The maximum Gasteiger partial charge on any atom is 0.252 e. The molecule has 1 saturated heterocycles. The van der Waals surface area contributed by atoms with E-state index in [1.165, 1.54) is 18.5 Å². The molecule has 3 aromatic heterocycles. The van der Waals surface area contributed by atoms with E-state index in [4.69, 9.17) is 0 Å². The second-order valence-electron chi connectivity index (χ2n) is 5.96. The summed E-state index contributed by atoms with van der Waals surface area (Å²) in [5, 5.41) is 6.48. The van der Waals surface area contributed by atoms with Gasteiger partial charge in [-0.1, -0.05) is 0 Å². The molecule has 1 fully saturated rings. The van der Waals surface area contributed by atoms with E-state index in [1.54, 1.807) is 17.7 Å². The molecule has 3 aromatic rings. The Bertz CT molecular complexity index is 828. The first-order valence-electron chi connectivity index (χ1n) is 7.68. The molecule has 1 atom stereocenters. The van der Waals surface area contributed by atoms with Crippen LogP contribution in [0, 0.1) is 6.92 Å². The molecule has 0 N–H and O–H groups in total. The van der Waals surface area contributed by atoms with Gasteiger partial charge in [0, 0.05) is 30.1 Å². The summed E-state index contributed by atoms with van der Waals surface area (Å²) in [7, 11) is 0. The number of fused-ring (bicyclic) bond motifs is 1. The van der Waals surface area contributed by atoms with Crippen LogP contribution in [-0.2, 0) is 6.54 Å². The zero-order valence-electron chi connectivity index (χ0n) is 12.8. The highest BCUT2D eigenvalue weighted by Crippen LogP contribution is 2.28. The van der Waals surface area contributed by atoms with E-state index in [2.05, 4.69) is 52.3 Å². The van der Waals surface area contributed by atoms with E-state index in [-0.39, 0.29) is 0 Å². The van der Waals surface area contributed by atoms with Crippen molar-refractivity contribution < 1.29 is 0 Å². The highest BCUT2D eigenvalue weighted by Gasteiger charge is 2.24. The van der Waals surface area contributed by atoms with Gasteiger partial charge in [-0.2, -0.15) is 10.1 Å². The fourth-order valence-electron chi connectivity index (χ4n) is 3.27.